The second-order valence-electron chi connectivity index (χ2n) is 8.61. The molecule has 0 saturated carbocycles. The fourth-order valence-corrected chi connectivity index (χ4v) is 5.00. The van der Waals surface area contributed by atoms with Gasteiger partial charge in [0.05, 0.1) is 10.9 Å². The Hall–Kier alpha value is -4.67. The maximum absolute atomic E-state index is 13.3. The van der Waals surface area contributed by atoms with Crippen molar-refractivity contribution in [3.8, 4) is 39.8 Å². The van der Waals surface area contributed by atoms with Crippen molar-refractivity contribution in [3.63, 3.8) is 0 Å². The van der Waals surface area contributed by atoms with E-state index in [0.29, 0.717) is 22.2 Å². The lowest BCUT2D eigenvalue weighted by Gasteiger charge is -2.12. The maximum Gasteiger partial charge on any atom is 0.239 e. The number of amides is 1. The molecular weight excluding hydrogens is 492 g/mol. The van der Waals surface area contributed by atoms with E-state index in [1.165, 1.54) is 11.8 Å². The Labute approximate surface area is 225 Å². The van der Waals surface area contributed by atoms with Crippen molar-refractivity contribution >= 4 is 23.6 Å². The quantitative estimate of drug-likeness (QED) is 0.179. The summed E-state index contributed by atoms with van der Waals surface area (Å²) in [6.07, 6.45) is 0. The van der Waals surface area contributed by atoms with Crippen LogP contribution in [0.25, 0.3) is 33.7 Å². The van der Waals surface area contributed by atoms with Crippen molar-refractivity contribution in [2.45, 2.75) is 24.1 Å². The number of benzene rings is 3. The van der Waals surface area contributed by atoms with Gasteiger partial charge in [-0.1, -0.05) is 103 Å². The highest BCUT2D eigenvalue weighted by molar-refractivity contribution is 8.00. The molecule has 1 atom stereocenters. The van der Waals surface area contributed by atoms with Crippen LogP contribution in [0.4, 0.5) is 5.88 Å². The molecule has 0 aliphatic rings. The predicted octanol–water partition coefficient (Wildman–Crippen LogP) is 7.37. The Morgan fingerprint density at radius 2 is 1.47 bits per heavy atom. The van der Waals surface area contributed by atoms with E-state index in [9.17, 15) is 10.1 Å². The fourth-order valence-electron chi connectivity index (χ4n) is 4.10. The van der Waals surface area contributed by atoms with Crippen molar-refractivity contribution < 1.29 is 9.21 Å². The first-order valence-corrected chi connectivity index (χ1v) is 13.0. The molecule has 0 aliphatic heterocycles. The van der Waals surface area contributed by atoms with Gasteiger partial charge in [0.1, 0.15) is 28.2 Å². The molecule has 1 N–H and O–H groups in total. The molecule has 7 heteroatoms. The van der Waals surface area contributed by atoms with Crippen LogP contribution < -0.4 is 5.32 Å². The highest BCUT2D eigenvalue weighted by atomic mass is 32.2. The highest BCUT2D eigenvalue weighted by Gasteiger charge is 2.26. The number of nitrogens with one attached hydrogen (secondary N) is 1. The van der Waals surface area contributed by atoms with Crippen molar-refractivity contribution in [3.05, 3.63) is 108 Å². The fraction of sp³-hybridized carbons (Fsp3) is 0.0968. The van der Waals surface area contributed by atoms with Crippen molar-refractivity contribution in [1.82, 2.24) is 9.97 Å². The smallest absolute Gasteiger partial charge is 0.239 e. The SMILES string of the molecule is Cc1nc(SC(C)C(=O)Nc2oc(-c3ccccc3)c(-c3ccccc3)c2C#N)cc(-c2ccccc2)n1. The van der Waals surface area contributed by atoms with Crippen LogP contribution in [0.1, 0.15) is 18.3 Å². The van der Waals surface area contributed by atoms with Crippen molar-refractivity contribution in [2.24, 2.45) is 0 Å². The van der Waals surface area contributed by atoms with Gasteiger partial charge in [0, 0.05) is 16.7 Å². The van der Waals surface area contributed by atoms with Gasteiger partial charge in [-0.3, -0.25) is 10.1 Å². The summed E-state index contributed by atoms with van der Waals surface area (Å²) in [6.45, 7) is 3.63. The number of thioether (sulfide) groups is 1. The lowest BCUT2D eigenvalue weighted by molar-refractivity contribution is -0.115. The van der Waals surface area contributed by atoms with E-state index in [4.69, 9.17) is 4.42 Å². The molecule has 0 spiro atoms. The minimum Gasteiger partial charge on any atom is -0.438 e. The standard InChI is InChI=1S/C31H24N4O2S/c1-20(38-27-18-26(33-21(2)34-27)22-12-6-3-7-13-22)30(36)35-31-25(19-32)28(23-14-8-4-9-15-23)29(37-31)24-16-10-5-11-17-24/h3-18,20H,1-2H3,(H,35,36). The highest BCUT2D eigenvalue weighted by Crippen LogP contribution is 2.41. The number of carbonyl (C=O) groups is 1. The first-order valence-electron chi connectivity index (χ1n) is 12.1. The number of hydrogen-bond acceptors (Lipinski definition) is 6. The van der Waals surface area contributed by atoms with Crippen LogP contribution in [-0.4, -0.2) is 21.1 Å². The number of hydrogen-bond donors (Lipinski definition) is 1. The van der Waals surface area contributed by atoms with Gasteiger partial charge >= 0.3 is 0 Å². The van der Waals surface area contributed by atoms with Crippen LogP contribution >= 0.6 is 11.8 Å². The Kier molecular flexibility index (Phi) is 7.34. The topological polar surface area (TPSA) is 91.8 Å². The van der Waals surface area contributed by atoms with Gasteiger partial charge < -0.3 is 4.42 Å². The minimum atomic E-state index is -0.509. The molecule has 38 heavy (non-hydrogen) atoms. The normalized spacial score (nSPS) is 11.5. The number of aryl methyl sites for hydroxylation is 1. The molecule has 5 rings (SSSR count). The van der Waals surface area contributed by atoms with Crippen molar-refractivity contribution in [1.29, 1.82) is 5.26 Å². The summed E-state index contributed by atoms with van der Waals surface area (Å²) in [5.74, 6) is 0.991. The van der Waals surface area contributed by atoms with Gasteiger partial charge in [-0.05, 0) is 25.5 Å². The summed E-state index contributed by atoms with van der Waals surface area (Å²) in [4.78, 5) is 22.3. The molecule has 6 nitrogen and oxygen atoms in total. The summed E-state index contributed by atoms with van der Waals surface area (Å²) >= 11 is 1.32. The van der Waals surface area contributed by atoms with E-state index in [0.717, 1.165) is 22.4 Å². The first-order chi connectivity index (χ1) is 18.5. The molecule has 186 valence electrons. The molecule has 2 aromatic heterocycles. The van der Waals surface area contributed by atoms with E-state index in [-0.39, 0.29) is 17.4 Å². The third-order valence-electron chi connectivity index (χ3n) is 5.91. The number of nitrogens with zero attached hydrogens (tertiary/aromatic N) is 3. The molecule has 0 fully saturated rings. The second kappa shape index (κ2) is 11.2. The molecule has 2 heterocycles. The number of aromatic nitrogens is 2. The van der Waals surface area contributed by atoms with Gasteiger partial charge in [-0.2, -0.15) is 5.26 Å². The third-order valence-corrected chi connectivity index (χ3v) is 6.92. The summed E-state index contributed by atoms with van der Waals surface area (Å²) in [5, 5.41) is 13.1. The summed E-state index contributed by atoms with van der Waals surface area (Å²) < 4.78 is 6.16. The lowest BCUT2D eigenvalue weighted by atomic mass is 9.98. The number of carbonyl (C=O) groups excluding carboxylic acids is 1. The summed E-state index contributed by atoms with van der Waals surface area (Å²) in [6, 6.07) is 33.1. The number of nitriles is 1. The zero-order valence-electron chi connectivity index (χ0n) is 20.9. The van der Waals surface area contributed by atoms with Crippen LogP contribution in [0.15, 0.2) is 107 Å². The molecule has 0 bridgehead atoms. The van der Waals surface area contributed by atoms with Crippen LogP contribution in [0.3, 0.4) is 0 Å². The summed E-state index contributed by atoms with van der Waals surface area (Å²) in [5.41, 5.74) is 4.35. The average molecular weight is 517 g/mol. The van der Waals surface area contributed by atoms with Crippen LogP contribution in [0.2, 0.25) is 0 Å². The number of anilines is 1. The van der Waals surface area contributed by atoms with Gasteiger partial charge in [0.15, 0.2) is 0 Å². The van der Waals surface area contributed by atoms with E-state index in [1.54, 1.807) is 6.92 Å². The Bertz CT molecular complexity index is 1610. The second-order valence-corrected chi connectivity index (χ2v) is 9.97. The molecular formula is C31H24N4O2S. The molecule has 0 aliphatic carbocycles. The van der Waals surface area contributed by atoms with Crippen molar-refractivity contribution in [2.75, 3.05) is 5.32 Å². The Balaban J connectivity index is 1.44. The van der Waals surface area contributed by atoms with Gasteiger partial charge in [-0.25, -0.2) is 9.97 Å². The Morgan fingerprint density at radius 1 is 0.895 bits per heavy atom. The van der Waals surface area contributed by atoms with Gasteiger partial charge in [-0.15, -0.1) is 0 Å². The molecule has 0 saturated heterocycles. The lowest BCUT2D eigenvalue weighted by Crippen LogP contribution is -2.22. The molecule has 5 aromatic rings. The minimum absolute atomic E-state index is 0.131. The first kappa shape index (κ1) is 25.0. The monoisotopic (exact) mass is 516 g/mol. The predicted molar refractivity (Wildman–Crippen MR) is 150 cm³/mol. The zero-order valence-corrected chi connectivity index (χ0v) is 21.7. The Morgan fingerprint density at radius 3 is 2.08 bits per heavy atom. The molecule has 0 radical (unpaired) electrons. The van der Waals surface area contributed by atoms with Crippen LogP contribution in [0.5, 0.6) is 0 Å². The molecule has 1 unspecified atom stereocenters. The average Bonchev–Trinajstić information content (AvgIpc) is 3.32. The van der Waals surface area contributed by atoms with E-state index in [1.807, 2.05) is 104 Å². The van der Waals surface area contributed by atoms with Crippen LogP contribution in [0, 0.1) is 18.3 Å². The van der Waals surface area contributed by atoms with Gasteiger partial charge in [0.25, 0.3) is 0 Å². The van der Waals surface area contributed by atoms with Gasteiger partial charge in [0.2, 0.25) is 11.8 Å². The zero-order chi connectivity index (χ0) is 26.5. The summed E-state index contributed by atoms with van der Waals surface area (Å²) in [7, 11) is 0. The van der Waals surface area contributed by atoms with E-state index < -0.39 is 5.25 Å². The largest absolute Gasteiger partial charge is 0.438 e. The molecule has 1 amide bonds. The van der Waals surface area contributed by atoms with Crippen LogP contribution in [-0.2, 0) is 4.79 Å². The third kappa shape index (κ3) is 5.36. The van der Waals surface area contributed by atoms with E-state index >= 15 is 0 Å². The maximum atomic E-state index is 13.3. The van der Waals surface area contributed by atoms with E-state index in [2.05, 4.69) is 21.4 Å². The number of rotatable bonds is 7. The number of furan rings is 1. The molecule has 3 aromatic carbocycles.